The first-order chi connectivity index (χ1) is 8.30. The first-order valence-electron chi connectivity index (χ1n) is 7.18. The van der Waals surface area contributed by atoms with Gasteiger partial charge in [0.1, 0.15) is 5.54 Å². The molecule has 17 heavy (non-hydrogen) atoms. The summed E-state index contributed by atoms with van der Waals surface area (Å²) in [5.41, 5.74) is -0.148. The first-order valence-corrected chi connectivity index (χ1v) is 7.18. The molecule has 0 spiro atoms. The summed E-state index contributed by atoms with van der Waals surface area (Å²) in [6.45, 7) is 6.55. The van der Waals surface area contributed by atoms with Crippen molar-refractivity contribution in [2.45, 2.75) is 51.0 Å². The Labute approximate surface area is 105 Å². The van der Waals surface area contributed by atoms with Crippen LogP contribution in [0.5, 0.6) is 0 Å². The summed E-state index contributed by atoms with van der Waals surface area (Å²) in [5, 5.41) is 13.1. The van der Waals surface area contributed by atoms with Crippen LogP contribution in [0.15, 0.2) is 0 Å². The monoisotopic (exact) mass is 235 g/mol. The van der Waals surface area contributed by atoms with Crippen LogP contribution in [-0.4, -0.2) is 36.6 Å². The van der Waals surface area contributed by atoms with Gasteiger partial charge < -0.3 is 5.32 Å². The molecular weight excluding hydrogens is 210 g/mol. The summed E-state index contributed by atoms with van der Waals surface area (Å²) in [5.74, 6) is 0.764. The normalized spacial score (nSPS) is 36.1. The second-order valence-corrected chi connectivity index (χ2v) is 5.60. The summed E-state index contributed by atoms with van der Waals surface area (Å²) in [7, 11) is 0. The van der Waals surface area contributed by atoms with Gasteiger partial charge in [0, 0.05) is 19.6 Å². The Morgan fingerprint density at radius 3 is 3.00 bits per heavy atom. The zero-order valence-corrected chi connectivity index (χ0v) is 11.0. The average Bonchev–Trinajstić information content (AvgIpc) is 2.68. The van der Waals surface area contributed by atoms with Gasteiger partial charge in [-0.2, -0.15) is 5.26 Å². The maximum atomic E-state index is 9.69. The number of nitriles is 1. The van der Waals surface area contributed by atoms with Crippen molar-refractivity contribution in [1.29, 1.82) is 5.26 Å². The summed E-state index contributed by atoms with van der Waals surface area (Å²) in [4.78, 5) is 2.47. The second-order valence-electron chi connectivity index (χ2n) is 5.60. The highest BCUT2D eigenvalue weighted by Crippen LogP contribution is 2.38. The van der Waals surface area contributed by atoms with Gasteiger partial charge in [0.25, 0.3) is 0 Å². The molecule has 1 N–H and O–H groups in total. The third-order valence-electron chi connectivity index (χ3n) is 4.56. The summed E-state index contributed by atoms with van der Waals surface area (Å²) >= 11 is 0. The number of hydrogen-bond donors (Lipinski definition) is 1. The van der Waals surface area contributed by atoms with E-state index < -0.39 is 0 Å². The highest BCUT2D eigenvalue weighted by atomic mass is 15.2. The fourth-order valence-electron chi connectivity index (χ4n) is 3.45. The van der Waals surface area contributed by atoms with Crippen molar-refractivity contribution >= 4 is 0 Å². The van der Waals surface area contributed by atoms with Crippen molar-refractivity contribution < 1.29 is 0 Å². The zero-order valence-electron chi connectivity index (χ0n) is 11.0. The number of nitrogens with zero attached hydrogens (tertiary/aromatic N) is 2. The van der Waals surface area contributed by atoms with Crippen molar-refractivity contribution in [2.75, 3.05) is 26.2 Å². The molecule has 3 nitrogen and oxygen atoms in total. The van der Waals surface area contributed by atoms with Gasteiger partial charge in [-0.3, -0.25) is 4.90 Å². The van der Waals surface area contributed by atoms with E-state index in [1.165, 1.54) is 25.7 Å². The topological polar surface area (TPSA) is 39.1 Å². The van der Waals surface area contributed by atoms with Gasteiger partial charge in [-0.1, -0.05) is 26.2 Å². The largest absolute Gasteiger partial charge is 0.315 e. The Balaban J connectivity index is 2.09. The van der Waals surface area contributed by atoms with Crippen LogP contribution in [0.25, 0.3) is 0 Å². The minimum atomic E-state index is -0.148. The third-order valence-corrected chi connectivity index (χ3v) is 4.56. The second kappa shape index (κ2) is 5.84. The average molecular weight is 235 g/mol. The summed E-state index contributed by atoms with van der Waals surface area (Å²) in [6.07, 6.45) is 7.15. The Kier molecular flexibility index (Phi) is 4.42. The number of nitrogens with one attached hydrogen (secondary N) is 1. The van der Waals surface area contributed by atoms with Crippen LogP contribution < -0.4 is 5.32 Å². The van der Waals surface area contributed by atoms with Crippen molar-refractivity contribution in [3.05, 3.63) is 0 Å². The van der Waals surface area contributed by atoms with E-state index in [4.69, 9.17) is 0 Å². The van der Waals surface area contributed by atoms with Crippen molar-refractivity contribution in [3.63, 3.8) is 0 Å². The maximum absolute atomic E-state index is 9.69. The lowest BCUT2D eigenvalue weighted by molar-refractivity contribution is 0.0788. The standard InChI is InChI=1S/C14H25N3/c1-2-13-5-3-6-14(11-13,12-15)17-9-4-7-16-8-10-17/h13,16H,2-11H2,1H3. The van der Waals surface area contributed by atoms with Crippen LogP contribution in [0.1, 0.15) is 45.4 Å². The van der Waals surface area contributed by atoms with E-state index in [1.54, 1.807) is 0 Å². The smallest absolute Gasteiger partial charge is 0.109 e. The zero-order chi connectivity index (χ0) is 12.1. The van der Waals surface area contributed by atoms with Gasteiger partial charge >= 0.3 is 0 Å². The molecule has 2 rings (SSSR count). The SMILES string of the molecule is CCC1CCCC(C#N)(N2CCCNCC2)C1. The molecule has 2 aliphatic rings. The predicted molar refractivity (Wildman–Crippen MR) is 69.7 cm³/mol. The molecule has 1 saturated heterocycles. The van der Waals surface area contributed by atoms with Crippen molar-refractivity contribution in [2.24, 2.45) is 5.92 Å². The molecule has 0 aromatic carbocycles. The molecule has 2 fully saturated rings. The third kappa shape index (κ3) is 2.81. The predicted octanol–water partition coefficient (Wildman–Crippen LogP) is 2.14. The van der Waals surface area contributed by atoms with Crippen LogP contribution in [0.3, 0.4) is 0 Å². The molecule has 2 atom stereocenters. The Bertz CT molecular complexity index is 276. The van der Waals surface area contributed by atoms with Crippen LogP contribution in [-0.2, 0) is 0 Å². The molecule has 1 aliphatic carbocycles. The van der Waals surface area contributed by atoms with E-state index in [0.717, 1.165) is 44.9 Å². The highest BCUT2D eigenvalue weighted by molar-refractivity contribution is 5.11. The van der Waals surface area contributed by atoms with Crippen molar-refractivity contribution in [1.82, 2.24) is 10.2 Å². The quantitative estimate of drug-likeness (QED) is 0.797. The first kappa shape index (κ1) is 12.9. The van der Waals surface area contributed by atoms with E-state index in [2.05, 4.69) is 23.2 Å². The van der Waals surface area contributed by atoms with E-state index in [9.17, 15) is 5.26 Å². The molecule has 0 aromatic rings. The van der Waals surface area contributed by atoms with E-state index in [-0.39, 0.29) is 5.54 Å². The fraction of sp³-hybridized carbons (Fsp3) is 0.929. The lowest BCUT2D eigenvalue weighted by Gasteiger charge is -2.43. The molecular formula is C14H25N3. The Hall–Kier alpha value is -0.590. The Morgan fingerprint density at radius 1 is 1.35 bits per heavy atom. The van der Waals surface area contributed by atoms with Crippen LogP contribution in [0.4, 0.5) is 0 Å². The van der Waals surface area contributed by atoms with E-state index >= 15 is 0 Å². The maximum Gasteiger partial charge on any atom is 0.109 e. The fourth-order valence-corrected chi connectivity index (χ4v) is 3.45. The summed E-state index contributed by atoms with van der Waals surface area (Å²) in [6, 6.07) is 2.68. The van der Waals surface area contributed by atoms with Crippen LogP contribution in [0.2, 0.25) is 0 Å². The van der Waals surface area contributed by atoms with Crippen LogP contribution >= 0.6 is 0 Å². The molecule has 0 radical (unpaired) electrons. The molecule has 3 heteroatoms. The molecule has 96 valence electrons. The van der Waals surface area contributed by atoms with Gasteiger partial charge in [0.15, 0.2) is 0 Å². The molecule has 1 heterocycles. The van der Waals surface area contributed by atoms with E-state index in [0.29, 0.717) is 0 Å². The molecule has 0 aromatic heterocycles. The lowest BCUT2D eigenvalue weighted by atomic mass is 9.74. The molecule has 0 bridgehead atoms. The highest BCUT2D eigenvalue weighted by Gasteiger charge is 2.40. The van der Waals surface area contributed by atoms with Gasteiger partial charge in [-0.15, -0.1) is 0 Å². The van der Waals surface area contributed by atoms with Gasteiger partial charge in [0.2, 0.25) is 0 Å². The molecule has 1 saturated carbocycles. The molecule has 0 amide bonds. The van der Waals surface area contributed by atoms with Gasteiger partial charge in [-0.25, -0.2) is 0 Å². The van der Waals surface area contributed by atoms with Gasteiger partial charge in [-0.05, 0) is 31.7 Å². The Morgan fingerprint density at radius 2 is 2.24 bits per heavy atom. The van der Waals surface area contributed by atoms with Crippen LogP contribution in [0, 0.1) is 17.2 Å². The minimum absolute atomic E-state index is 0.148. The summed E-state index contributed by atoms with van der Waals surface area (Å²) < 4.78 is 0. The van der Waals surface area contributed by atoms with Gasteiger partial charge in [0.05, 0.1) is 6.07 Å². The van der Waals surface area contributed by atoms with E-state index in [1.807, 2.05) is 0 Å². The number of hydrogen-bond acceptors (Lipinski definition) is 3. The molecule has 2 unspecified atom stereocenters. The number of rotatable bonds is 2. The molecule has 1 aliphatic heterocycles. The lowest BCUT2D eigenvalue weighted by Crippen LogP contribution is -2.51. The minimum Gasteiger partial charge on any atom is -0.315 e. The van der Waals surface area contributed by atoms with Crippen molar-refractivity contribution in [3.8, 4) is 6.07 Å².